The summed E-state index contributed by atoms with van der Waals surface area (Å²) in [6.07, 6.45) is -6.84. The van der Waals surface area contributed by atoms with E-state index in [1.807, 2.05) is 0 Å². The molecule has 1 aliphatic rings. The highest BCUT2D eigenvalue weighted by Gasteiger charge is 2.44. The second kappa shape index (κ2) is 8.88. The number of aliphatic hydroxyl groups is 1. The molecule has 2 aromatic rings. The van der Waals surface area contributed by atoms with Crippen molar-refractivity contribution in [2.45, 2.75) is 25.9 Å². The van der Waals surface area contributed by atoms with Crippen molar-refractivity contribution in [3.63, 3.8) is 0 Å². The van der Waals surface area contributed by atoms with Crippen molar-refractivity contribution in [2.75, 3.05) is 17.5 Å². The Bertz CT molecular complexity index is 1220. The lowest BCUT2D eigenvalue weighted by atomic mass is 10.1. The van der Waals surface area contributed by atoms with E-state index < -0.39 is 80.7 Å². The largest absolute Gasteiger partial charge is 0.504 e. The lowest BCUT2D eigenvalue weighted by Crippen LogP contribution is -2.38. The first kappa shape index (κ1) is 24.3. The molecule has 0 saturated carbocycles. The number of ether oxygens (including phenoxy) is 1. The van der Waals surface area contributed by atoms with Crippen LogP contribution in [0.25, 0.3) is 10.7 Å². The molecule has 0 unspecified atom stereocenters. The number of sulfonamides is 1. The highest BCUT2D eigenvalue weighted by atomic mass is 32.2. The summed E-state index contributed by atoms with van der Waals surface area (Å²) in [5, 5.41) is 10.7. The topological polar surface area (TPSA) is 123 Å². The van der Waals surface area contributed by atoms with Crippen LogP contribution in [0.15, 0.2) is 24.5 Å². The first-order valence-electron chi connectivity index (χ1n) is 9.20. The summed E-state index contributed by atoms with van der Waals surface area (Å²) in [4.78, 5) is 21.9. The minimum atomic E-state index is -5.04. The second-order valence-electron chi connectivity index (χ2n) is 6.47. The van der Waals surface area contributed by atoms with Gasteiger partial charge in [0.25, 0.3) is 10.0 Å². The molecular weight excluding hydrogens is 479 g/mol. The normalized spacial score (nSPS) is 15.5. The van der Waals surface area contributed by atoms with Gasteiger partial charge in [-0.15, -0.1) is 0 Å². The molecule has 3 rings (SSSR count). The molecule has 2 aromatic heterocycles. The van der Waals surface area contributed by atoms with Crippen molar-refractivity contribution < 1.29 is 45.0 Å². The van der Waals surface area contributed by atoms with Crippen molar-refractivity contribution in [2.24, 2.45) is 0 Å². The standard InChI is InChI=1S/C18H15F5N4O5S/c1-2-32-17(29)9-3-4-10(18(21,22)23)26-12(9)15-14(28)13-16(25-7-6-24-13)27(33(15,30)31)8-5-11(19)20/h3-4,6-7,11,28H,2,5,8H2,1H3. The maximum atomic E-state index is 13.3. The Labute approximate surface area is 183 Å². The molecule has 0 spiro atoms. The van der Waals surface area contributed by atoms with E-state index in [0.717, 1.165) is 12.4 Å². The molecule has 1 N–H and O–H groups in total. The van der Waals surface area contributed by atoms with Crippen LogP contribution in [0, 0.1) is 0 Å². The minimum absolute atomic E-state index is 0.202. The van der Waals surface area contributed by atoms with Crippen molar-refractivity contribution in [3.05, 3.63) is 47.2 Å². The van der Waals surface area contributed by atoms with E-state index in [9.17, 15) is 40.3 Å². The lowest BCUT2D eigenvalue weighted by molar-refractivity contribution is -0.141. The molecule has 0 aliphatic carbocycles. The molecule has 33 heavy (non-hydrogen) atoms. The maximum Gasteiger partial charge on any atom is 0.433 e. The summed E-state index contributed by atoms with van der Waals surface area (Å²) in [5.74, 6) is -2.87. The molecule has 1 aliphatic heterocycles. The Kier molecular flexibility index (Phi) is 6.53. The van der Waals surface area contributed by atoms with Crippen LogP contribution in [0.1, 0.15) is 40.8 Å². The van der Waals surface area contributed by atoms with Gasteiger partial charge in [-0.3, -0.25) is 0 Å². The maximum absolute atomic E-state index is 13.3. The number of hydrogen-bond donors (Lipinski definition) is 1. The molecule has 0 atom stereocenters. The zero-order valence-corrected chi connectivity index (χ0v) is 17.5. The van der Waals surface area contributed by atoms with Gasteiger partial charge in [0.2, 0.25) is 6.43 Å². The summed E-state index contributed by atoms with van der Waals surface area (Å²) >= 11 is 0. The molecule has 0 fully saturated rings. The van der Waals surface area contributed by atoms with E-state index >= 15 is 0 Å². The zero-order chi connectivity index (χ0) is 24.6. The van der Waals surface area contributed by atoms with Gasteiger partial charge < -0.3 is 9.84 Å². The fraction of sp³-hybridized carbons (Fsp3) is 0.333. The van der Waals surface area contributed by atoms with Gasteiger partial charge in [-0.1, -0.05) is 0 Å². The van der Waals surface area contributed by atoms with Gasteiger partial charge in [0.1, 0.15) is 17.1 Å². The van der Waals surface area contributed by atoms with Crippen LogP contribution >= 0.6 is 0 Å². The van der Waals surface area contributed by atoms with E-state index in [2.05, 4.69) is 15.0 Å². The number of pyridine rings is 1. The van der Waals surface area contributed by atoms with Crippen LogP contribution < -0.4 is 4.31 Å². The highest BCUT2D eigenvalue weighted by molar-refractivity contribution is 8.02. The first-order valence-corrected chi connectivity index (χ1v) is 10.6. The summed E-state index contributed by atoms with van der Waals surface area (Å²) in [6.45, 7) is 0.364. The molecule has 9 nitrogen and oxygen atoms in total. The average molecular weight is 494 g/mol. The van der Waals surface area contributed by atoms with E-state index in [1.54, 1.807) is 0 Å². The van der Waals surface area contributed by atoms with Gasteiger partial charge in [0.05, 0.1) is 12.2 Å². The number of hydrogen-bond acceptors (Lipinski definition) is 8. The zero-order valence-electron chi connectivity index (χ0n) is 16.7. The molecule has 0 amide bonds. The number of nitrogens with zero attached hydrogens (tertiary/aromatic N) is 4. The fourth-order valence-corrected chi connectivity index (χ4v) is 4.64. The predicted octanol–water partition coefficient (Wildman–Crippen LogP) is 3.26. The van der Waals surface area contributed by atoms with Gasteiger partial charge >= 0.3 is 12.1 Å². The molecule has 0 bridgehead atoms. The summed E-state index contributed by atoms with van der Waals surface area (Å²) in [5.41, 5.74) is -3.84. The molecule has 0 saturated heterocycles. The van der Waals surface area contributed by atoms with Gasteiger partial charge in [0.15, 0.2) is 16.5 Å². The monoisotopic (exact) mass is 494 g/mol. The first-order chi connectivity index (χ1) is 15.4. The number of fused-ring (bicyclic) bond motifs is 1. The highest BCUT2D eigenvalue weighted by Crippen LogP contribution is 2.42. The van der Waals surface area contributed by atoms with Crippen LogP contribution in [0.5, 0.6) is 0 Å². The van der Waals surface area contributed by atoms with Gasteiger partial charge in [-0.2, -0.15) is 13.2 Å². The third kappa shape index (κ3) is 4.58. The van der Waals surface area contributed by atoms with Gasteiger partial charge in [-0.25, -0.2) is 41.3 Å². The predicted molar refractivity (Wildman–Crippen MR) is 104 cm³/mol. The Morgan fingerprint density at radius 1 is 1.18 bits per heavy atom. The Hall–Kier alpha value is -3.36. The lowest BCUT2D eigenvalue weighted by Gasteiger charge is -2.30. The number of anilines is 1. The Balaban J connectivity index is 2.35. The van der Waals surface area contributed by atoms with Crippen LogP contribution in [0.4, 0.5) is 27.8 Å². The molecule has 178 valence electrons. The number of aromatic nitrogens is 3. The number of esters is 1. The summed E-state index contributed by atoms with van der Waals surface area (Å²) in [7, 11) is -5.02. The van der Waals surface area contributed by atoms with Gasteiger partial charge in [-0.05, 0) is 19.1 Å². The molecule has 0 radical (unpaired) electrons. The summed E-state index contributed by atoms with van der Waals surface area (Å²) in [6, 6.07) is 1.08. The van der Waals surface area contributed by atoms with E-state index in [1.165, 1.54) is 6.92 Å². The smallest absolute Gasteiger partial charge is 0.433 e. The number of carbonyl (C=O) groups is 1. The average Bonchev–Trinajstić information content (AvgIpc) is 2.72. The molecule has 0 aromatic carbocycles. The SMILES string of the molecule is CCOC(=O)c1ccc(C(F)(F)F)nc1C1=C(O)c2nccnc2N(CCC(F)F)S1(=O)=O. The molecule has 3 heterocycles. The van der Waals surface area contributed by atoms with Crippen LogP contribution in [0.3, 0.4) is 0 Å². The number of rotatable bonds is 6. The quantitative estimate of drug-likeness (QED) is 0.480. The van der Waals surface area contributed by atoms with Crippen molar-refractivity contribution in [3.8, 4) is 0 Å². The van der Waals surface area contributed by atoms with Crippen molar-refractivity contribution in [1.29, 1.82) is 0 Å². The van der Waals surface area contributed by atoms with Crippen LogP contribution in [0.2, 0.25) is 0 Å². The molecular formula is C18H15F5N4O5S. The number of halogens is 5. The van der Waals surface area contributed by atoms with Gasteiger partial charge in [0, 0.05) is 25.4 Å². The van der Waals surface area contributed by atoms with Crippen LogP contribution in [-0.2, 0) is 20.9 Å². The minimum Gasteiger partial charge on any atom is -0.504 e. The molecule has 15 heteroatoms. The number of aliphatic hydroxyl groups excluding tert-OH is 1. The third-order valence-corrected chi connectivity index (χ3v) is 6.19. The van der Waals surface area contributed by atoms with E-state index in [0.29, 0.717) is 16.4 Å². The number of carbonyl (C=O) groups excluding carboxylic acids is 1. The summed E-state index contributed by atoms with van der Waals surface area (Å²) < 4.78 is 97.4. The Morgan fingerprint density at radius 2 is 1.85 bits per heavy atom. The number of alkyl halides is 5. The second-order valence-corrected chi connectivity index (χ2v) is 8.27. The third-order valence-electron chi connectivity index (χ3n) is 4.35. The van der Waals surface area contributed by atoms with Crippen LogP contribution in [-0.4, -0.2) is 54.0 Å². The van der Waals surface area contributed by atoms with E-state index in [4.69, 9.17) is 4.74 Å². The van der Waals surface area contributed by atoms with E-state index in [-0.39, 0.29) is 6.61 Å². The fourth-order valence-electron chi connectivity index (χ4n) is 2.97. The van der Waals surface area contributed by atoms with Crippen molar-refractivity contribution in [1.82, 2.24) is 15.0 Å². The van der Waals surface area contributed by atoms with Crippen molar-refractivity contribution >= 4 is 32.5 Å². The Morgan fingerprint density at radius 3 is 2.45 bits per heavy atom.